The number of aromatic hydroxyl groups is 1. The van der Waals surface area contributed by atoms with Crippen molar-refractivity contribution in [2.24, 2.45) is 5.73 Å². The average molecular weight is 417 g/mol. The Kier molecular flexibility index (Phi) is 7.23. The molecule has 29 heavy (non-hydrogen) atoms. The Hall–Kier alpha value is -3.06. The molecule has 0 spiro atoms. The molecule has 0 bridgehead atoms. The Labute approximate surface area is 175 Å². The van der Waals surface area contributed by atoms with E-state index in [2.05, 4.69) is 5.32 Å². The predicted octanol–water partition coefficient (Wildman–Crippen LogP) is 2.57. The van der Waals surface area contributed by atoms with Gasteiger partial charge in [0.15, 0.2) is 0 Å². The SMILES string of the molecule is Cc1cc(CNC(=O)c2cc(C(=N)N)ccc2O)ccc1C(=O)N1CCCC1.Cl. The summed E-state index contributed by atoms with van der Waals surface area (Å²) < 4.78 is 0. The van der Waals surface area contributed by atoms with Gasteiger partial charge in [-0.05, 0) is 55.2 Å². The van der Waals surface area contributed by atoms with Crippen molar-refractivity contribution in [3.05, 3.63) is 64.2 Å². The number of phenols is 1. The average Bonchev–Trinajstić information content (AvgIpc) is 3.20. The Morgan fingerprint density at radius 1 is 1.14 bits per heavy atom. The molecule has 0 radical (unpaired) electrons. The fraction of sp³-hybridized carbons (Fsp3) is 0.286. The molecule has 1 fully saturated rings. The van der Waals surface area contributed by atoms with Crippen molar-refractivity contribution >= 4 is 30.1 Å². The summed E-state index contributed by atoms with van der Waals surface area (Å²) in [5, 5.41) is 20.1. The first-order valence-electron chi connectivity index (χ1n) is 9.21. The van der Waals surface area contributed by atoms with Gasteiger partial charge < -0.3 is 21.1 Å². The number of hydrogen-bond donors (Lipinski definition) is 4. The lowest BCUT2D eigenvalue weighted by Crippen LogP contribution is -2.28. The number of carbonyl (C=O) groups is 2. The molecule has 3 rings (SSSR count). The number of aryl methyl sites for hydroxylation is 1. The van der Waals surface area contributed by atoms with Crippen LogP contribution in [-0.2, 0) is 6.54 Å². The van der Waals surface area contributed by atoms with Gasteiger partial charge in [-0.3, -0.25) is 15.0 Å². The van der Waals surface area contributed by atoms with Crippen molar-refractivity contribution in [2.75, 3.05) is 13.1 Å². The number of carbonyl (C=O) groups excluding carboxylic acids is 2. The lowest BCUT2D eigenvalue weighted by Gasteiger charge is -2.17. The van der Waals surface area contributed by atoms with E-state index in [4.69, 9.17) is 11.1 Å². The predicted molar refractivity (Wildman–Crippen MR) is 114 cm³/mol. The summed E-state index contributed by atoms with van der Waals surface area (Å²) in [5.74, 6) is -0.764. The molecule has 7 nitrogen and oxygen atoms in total. The minimum atomic E-state index is -0.463. The summed E-state index contributed by atoms with van der Waals surface area (Å²) in [6, 6.07) is 9.71. The minimum Gasteiger partial charge on any atom is -0.507 e. The minimum absolute atomic E-state index is 0. The summed E-state index contributed by atoms with van der Waals surface area (Å²) >= 11 is 0. The number of nitrogen functional groups attached to an aromatic ring is 1. The first kappa shape index (κ1) is 22.2. The number of amides is 2. The third-order valence-electron chi connectivity index (χ3n) is 4.92. The Bertz CT molecular complexity index is 940. The van der Waals surface area contributed by atoms with Crippen LogP contribution in [0.25, 0.3) is 0 Å². The normalized spacial score (nSPS) is 12.9. The molecule has 5 N–H and O–H groups in total. The summed E-state index contributed by atoms with van der Waals surface area (Å²) in [7, 11) is 0. The molecule has 1 saturated heterocycles. The first-order chi connectivity index (χ1) is 13.4. The Balaban J connectivity index is 0.00000300. The molecule has 0 aliphatic carbocycles. The number of nitrogens with one attached hydrogen (secondary N) is 2. The smallest absolute Gasteiger partial charge is 0.255 e. The molecule has 0 unspecified atom stereocenters. The first-order valence-corrected chi connectivity index (χ1v) is 9.21. The maximum Gasteiger partial charge on any atom is 0.255 e. The molecule has 2 aromatic rings. The molecule has 2 aromatic carbocycles. The van der Waals surface area contributed by atoms with E-state index < -0.39 is 5.91 Å². The fourth-order valence-corrected chi connectivity index (χ4v) is 3.33. The van der Waals surface area contributed by atoms with Gasteiger partial charge in [0.1, 0.15) is 11.6 Å². The monoisotopic (exact) mass is 416 g/mol. The second-order valence-corrected chi connectivity index (χ2v) is 6.98. The molecule has 0 aromatic heterocycles. The molecule has 1 aliphatic heterocycles. The lowest BCUT2D eigenvalue weighted by atomic mass is 10.0. The van der Waals surface area contributed by atoms with Gasteiger partial charge in [0.2, 0.25) is 0 Å². The number of benzene rings is 2. The van der Waals surface area contributed by atoms with Gasteiger partial charge >= 0.3 is 0 Å². The molecule has 1 heterocycles. The van der Waals surface area contributed by atoms with Crippen LogP contribution in [0.15, 0.2) is 36.4 Å². The molecule has 154 valence electrons. The highest BCUT2D eigenvalue weighted by molar-refractivity contribution is 6.01. The summed E-state index contributed by atoms with van der Waals surface area (Å²) in [5.41, 5.74) is 8.26. The zero-order chi connectivity index (χ0) is 20.3. The van der Waals surface area contributed by atoms with Crippen molar-refractivity contribution in [1.29, 1.82) is 5.41 Å². The van der Waals surface area contributed by atoms with E-state index in [0.29, 0.717) is 11.1 Å². The van der Waals surface area contributed by atoms with E-state index in [1.807, 2.05) is 24.0 Å². The highest BCUT2D eigenvalue weighted by Gasteiger charge is 2.21. The standard InChI is InChI=1S/C21H24N4O3.ClH/c1-13-10-14(4-6-16(13)21(28)25-8-2-3-9-25)12-24-20(27)17-11-15(19(22)23)5-7-18(17)26;/h4-7,10-11,26H,2-3,8-9,12H2,1H3,(H3,22,23)(H,24,27);1H. The van der Waals surface area contributed by atoms with Gasteiger partial charge in [-0.1, -0.05) is 12.1 Å². The molecule has 0 saturated carbocycles. The number of likely N-dealkylation sites (tertiary alicyclic amines) is 1. The van der Waals surface area contributed by atoms with E-state index in [1.165, 1.54) is 18.2 Å². The van der Waals surface area contributed by atoms with Crippen LogP contribution in [0.5, 0.6) is 5.75 Å². The number of halogens is 1. The van der Waals surface area contributed by atoms with Crippen LogP contribution in [0, 0.1) is 12.3 Å². The molecular formula is C21H25ClN4O3. The van der Waals surface area contributed by atoms with Gasteiger partial charge in [-0.15, -0.1) is 12.4 Å². The zero-order valence-corrected chi connectivity index (χ0v) is 17.0. The van der Waals surface area contributed by atoms with E-state index in [-0.39, 0.29) is 42.0 Å². The fourth-order valence-electron chi connectivity index (χ4n) is 3.33. The van der Waals surface area contributed by atoms with Crippen molar-refractivity contribution in [2.45, 2.75) is 26.3 Å². The highest BCUT2D eigenvalue weighted by Crippen LogP contribution is 2.20. The van der Waals surface area contributed by atoms with E-state index in [0.717, 1.165) is 37.1 Å². The summed E-state index contributed by atoms with van der Waals surface area (Å²) in [6.45, 7) is 3.75. The van der Waals surface area contributed by atoms with Crippen LogP contribution in [0.4, 0.5) is 0 Å². The second-order valence-electron chi connectivity index (χ2n) is 6.98. The van der Waals surface area contributed by atoms with Gasteiger partial charge in [0, 0.05) is 30.8 Å². The van der Waals surface area contributed by atoms with Crippen LogP contribution in [-0.4, -0.2) is 40.7 Å². The van der Waals surface area contributed by atoms with E-state index in [9.17, 15) is 14.7 Å². The third kappa shape index (κ3) is 5.06. The highest BCUT2D eigenvalue weighted by atomic mass is 35.5. The zero-order valence-electron chi connectivity index (χ0n) is 16.2. The maximum atomic E-state index is 12.6. The molecule has 2 amide bonds. The van der Waals surface area contributed by atoms with E-state index >= 15 is 0 Å². The maximum absolute atomic E-state index is 12.6. The Morgan fingerprint density at radius 2 is 1.83 bits per heavy atom. The molecule has 0 atom stereocenters. The van der Waals surface area contributed by atoms with Crippen molar-refractivity contribution in [3.8, 4) is 5.75 Å². The molecule has 1 aliphatic rings. The number of nitrogens with zero attached hydrogens (tertiary/aromatic N) is 1. The van der Waals surface area contributed by atoms with Crippen LogP contribution < -0.4 is 11.1 Å². The quantitative estimate of drug-likeness (QED) is 0.442. The number of phenolic OH excluding ortho intramolecular Hbond substituents is 1. The molecule has 8 heteroatoms. The summed E-state index contributed by atoms with van der Waals surface area (Å²) in [6.07, 6.45) is 2.10. The topological polar surface area (TPSA) is 120 Å². The van der Waals surface area contributed by atoms with Crippen molar-refractivity contribution in [3.63, 3.8) is 0 Å². The van der Waals surface area contributed by atoms with Crippen LogP contribution >= 0.6 is 12.4 Å². The lowest BCUT2D eigenvalue weighted by molar-refractivity contribution is 0.0791. The summed E-state index contributed by atoms with van der Waals surface area (Å²) in [4.78, 5) is 26.8. The largest absolute Gasteiger partial charge is 0.507 e. The van der Waals surface area contributed by atoms with Crippen LogP contribution in [0.2, 0.25) is 0 Å². The van der Waals surface area contributed by atoms with Gasteiger partial charge in [-0.2, -0.15) is 0 Å². The van der Waals surface area contributed by atoms with Gasteiger partial charge in [-0.25, -0.2) is 0 Å². The second kappa shape index (κ2) is 9.43. The van der Waals surface area contributed by atoms with Crippen LogP contribution in [0.1, 0.15) is 50.2 Å². The van der Waals surface area contributed by atoms with E-state index in [1.54, 1.807) is 6.07 Å². The number of amidine groups is 1. The number of nitrogens with two attached hydrogens (primary N) is 1. The number of hydrogen-bond acceptors (Lipinski definition) is 4. The van der Waals surface area contributed by atoms with Crippen molar-refractivity contribution < 1.29 is 14.7 Å². The molecular weight excluding hydrogens is 392 g/mol. The third-order valence-corrected chi connectivity index (χ3v) is 4.92. The van der Waals surface area contributed by atoms with Gasteiger partial charge in [0.25, 0.3) is 11.8 Å². The van der Waals surface area contributed by atoms with Crippen LogP contribution in [0.3, 0.4) is 0 Å². The van der Waals surface area contributed by atoms with Gasteiger partial charge in [0.05, 0.1) is 5.56 Å². The van der Waals surface area contributed by atoms with Crippen molar-refractivity contribution in [1.82, 2.24) is 10.2 Å². The Morgan fingerprint density at radius 3 is 2.45 bits per heavy atom. The number of rotatable bonds is 5.